The predicted octanol–water partition coefficient (Wildman–Crippen LogP) is 1.92. The van der Waals surface area contributed by atoms with Crippen LogP contribution >= 0.6 is 0 Å². The van der Waals surface area contributed by atoms with Crippen LogP contribution in [0.4, 0.5) is 5.95 Å². The van der Waals surface area contributed by atoms with Crippen LogP contribution < -0.4 is 4.90 Å². The maximum Gasteiger partial charge on any atom is 0.225 e. The third-order valence-electron chi connectivity index (χ3n) is 5.88. The van der Waals surface area contributed by atoms with Crippen molar-refractivity contribution < 1.29 is 0 Å². The van der Waals surface area contributed by atoms with Crippen LogP contribution in [0.15, 0.2) is 12.3 Å². The van der Waals surface area contributed by atoms with Gasteiger partial charge in [0.05, 0.1) is 0 Å². The lowest BCUT2D eigenvalue weighted by Gasteiger charge is -2.49. The number of hydrogen-bond acceptors (Lipinski definition) is 5. The van der Waals surface area contributed by atoms with Crippen LogP contribution in [0.3, 0.4) is 0 Å². The molecule has 0 N–H and O–H groups in total. The van der Waals surface area contributed by atoms with Gasteiger partial charge < -0.3 is 4.90 Å². The number of rotatable bonds is 3. The van der Waals surface area contributed by atoms with Gasteiger partial charge >= 0.3 is 0 Å². The summed E-state index contributed by atoms with van der Waals surface area (Å²) in [5.74, 6) is 0.905. The molecule has 0 aromatic carbocycles. The Balaban J connectivity index is 1.24. The third kappa shape index (κ3) is 3.36. The summed E-state index contributed by atoms with van der Waals surface area (Å²) in [6, 6.07) is 3.54. The molecule has 1 aliphatic carbocycles. The summed E-state index contributed by atoms with van der Waals surface area (Å²) in [5.41, 5.74) is 1.06. The molecule has 2 saturated heterocycles. The maximum absolute atomic E-state index is 4.54. The van der Waals surface area contributed by atoms with Gasteiger partial charge in [-0.05, 0) is 25.8 Å². The molecular weight excluding hydrogens is 286 g/mol. The fraction of sp³-hybridized carbons (Fsp3) is 0.778. The van der Waals surface area contributed by atoms with Gasteiger partial charge in [-0.15, -0.1) is 0 Å². The highest BCUT2D eigenvalue weighted by atomic mass is 15.4. The van der Waals surface area contributed by atoms with E-state index in [1.165, 1.54) is 58.3 Å². The largest absolute Gasteiger partial charge is 0.338 e. The first-order valence-corrected chi connectivity index (χ1v) is 9.32. The second kappa shape index (κ2) is 6.73. The van der Waals surface area contributed by atoms with Crippen molar-refractivity contribution in [3.8, 4) is 0 Å². The van der Waals surface area contributed by atoms with Crippen LogP contribution in [0.5, 0.6) is 0 Å². The molecular formula is C18H29N5. The Kier molecular flexibility index (Phi) is 4.49. The molecule has 0 radical (unpaired) electrons. The first-order chi connectivity index (χ1) is 11.3. The first-order valence-electron chi connectivity index (χ1n) is 9.32. The van der Waals surface area contributed by atoms with E-state index >= 15 is 0 Å². The van der Waals surface area contributed by atoms with Crippen LogP contribution in [0, 0.1) is 6.92 Å². The van der Waals surface area contributed by atoms with E-state index in [4.69, 9.17) is 0 Å². The number of hydrogen-bond donors (Lipinski definition) is 0. The van der Waals surface area contributed by atoms with Crippen molar-refractivity contribution in [2.75, 3.05) is 44.2 Å². The Bertz CT molecular complexity index is 514. The van der Waals surface area contributed by atoms with Gasteiger partial charge in [0.2, 0.25) is 5.95 Å². The molecule has 1 aromatic heterocycles. The molecule has 1 aromatic rings. The Morgan fingerprint density at radius 3 is 2.22 bits per heavy atom. The van der Waals surface area contributed by atoms with Crippen molar-refractivity contribution in [3.63, 3.8) is 0 Å². The fourth-order valence-electron chi connectivity index (χ4n) is 4.35. The molecule has 3 heterocycles. The van der Waals surface area contributed by atoms with E-state index < -0.39 is 0 Å². The zero-order valence-electron chi connectivity index (χ0n) is 14.3. The summed E-state index contributed by atoms with van der Waals surface area (Å²) in [4.78, 5) is 16.7. The van der Waals surface area contributed by atoms with Crippen molar-refractivity contribution in [3.05, 3.63) is 18.0 Å². The molecule has 0 bridgehead atoms. The lowest BCUT2D eigenvalue weighted by molar-refractivity contribution is 0.0485. The number of aryl methyl sites for hydroxylation is 1. The Labute approximate surface area is 139 Å². The van der Waals surface area contributed by atoms with Crippen molar-refractivity contribution >= 4 is 5.95 Å². The average molecular weight is 315 g/mol. The summed E-state index contributed by atoms with van der Waals surface area (Å²) in [7, 11) is 0. The second-order valence-corrected chi connectivity index (χ2v) is 7.42. The molecule has 0 amide bonds. The van der Waals surface area contributed by atoms with Crippen molar-refractivity contribution in [1.29, 1.82) is 0 Å². The molecule has 0 spiro atoms. The zero-order chi connectivity index (χ0) is 15.6. The van der Waals surface area contributed by atoms with E-state index in [9.17, 15) is 0 Å². The molecule has 0 unspecified atom stereocenters. The molecule has 3 aliphatic rings. The van der Waals surface area contributed by atoms with E-state index in [-0.39, 0.29) is 0 Å². The van der Waals surface area contributed by atoms with Crippen molar-refractivity contribution in [2.45, 2.75) is 51.1 Å². The highest BCUT2D eigenvalue weighted by Crippen LogP contribution is 2.25. The highest BCUT2D eigenvalue weighted by Gasteiger charge is 2.35. The molecule has 2 aliphatic heterocycles. The molecule has 4 rings (SSSR count). The van der Waals surface area contributed by atoms with Crippen LogP contribution in [0.1, 0.15) is 37.8 Å². The predicted molar refractivity (Wildman–Crippen MR) is 92.8 cm³/mol. The second-order valence-electron chi connectivity index (χ2n) is 7.42. The van der Waals surface area contributed by atoms with E-state index in [1.54, 1.807) is 0 Å². The lowest BCUT2D eigenvalue weighted by atomic mass is 9.93. The number of anilines is 1. The molecule has 3 fully saturated rings. The van der Waals surface area contributed by atoms with E-state index in [0.717, 1.165) is 30.8 Å². The van der Waals surface area contributed by atoms with Gasteiger partial charge in [0.15, 0.2) is 0 Å². The van der Waals surface area contributed by atoms with Gasteiger partial charge in [-0.3, -0.25) is 9.80 Å². The molecule has 23 heavy (non-hydrogen) atoms. The molecule has 1 saturated carbocycles. The molecule has 5 heteroatoms. The molecule has 126 valence electrons. The Morgan fingerprint density at radius 2 is 1.57 bits per heavy atom. The van der Waals surface area contributed by atoms with Gasteiger partial charge in [0, 0.05) is 63.2 Å². The van der Waals surface area contributed by atoms with Gasteiger partial charge in [0.1, 0.15) is 0 Å². The minimum Gasteiger partial charge on any atom is -0.338 e. The summed E-state index contributed by atoms with van der Waals surface area (Å²) in [5, 5.41) is 0. The summed E-state index contributed by atoms with van der Waals surface area (Å²) in [6.07, 6.45) is 9.07. The molecule has 5 nitrogen and oxygen atoms in total. The van der Waals surface area contributed by atoms with Crippen LogP contribution in [0.25, 0.3) is 0 Å². The van der Waals surface area contributed by atoms with Gasteiger partial charge in [0.25, 0.3) is 0 Å². The van der Waals surface area contributed by atoms with Crippen molar-refractivity contribution in [1.82, 2.24) is 19.8 Å². The first kappa shape index (κ1) is 15.3. The summed E-state index contributed by atoms with van der Waals surface area (Å²) < 4.78 is 0. The normalized spacial score (nSPS) is 25.5. The van der Waals surface area contributed by atoms with Crippen LogP contribution in [-0.4, -0.2) is 71.1 Å². The van der Waals surface area contributed by atoms with Crippen LogP contribution in [-0.2, 0) is 0 Å². The van der Waals surface area contributed by atoms with Gasteiger partial charge in [-0.1, -0.05) is 19.3 Å². The topological polar surface area (TPSA) is 35.5 Å². The van der Waals surface area contributed by atoms with Crippen molar-refractivity contribution in [2.24, 2.45) is 0 Å². The third-order valence-corrected chi connectivity index (χ3v) is 5.88. The number of piperazine rings is 1. The minimum atomic E-state index is 0.701. The van der Waals surface area contributed by atoms with E-state index in [1.807, 2.05) is 19.2 Å². The maximum atomic E-state index is 4.54. The standard InChI is InChI=1S/C18H29N5/c1-15-7-8-19-18(20-15)23-13-17(14-23)22-11-9-21(10-12-22)16-5-3-2-4-6-16/h7-8,16-17H,2-6,9-14H2,1H3. The quantitative estimate of drug-likeness (QED) is 0.851. The van der Waals surface area contributed by atoms with Gasteiger partial charge in [-0.25, -0.2) is 9.97 Å². The number of nitrogens with zero attached hydrogens (tertiary/aromatic N) is 5. The molecule has 0 atom stereocenters. The SMILES string of the molecule is Cc1ccnc(N2CC(N3CCN(C4CCCCC4)CC3)C2)n1. The lowest BCUT2D eigenvalue weighted by Crippen LogP contribution is -2.64. The minimum absolute atomic E-state index is 0.701. The Morgan fingerprint density at radius 1 is 0.913 bits per heavy atom. The Hall–Kier alpha value is -1.20. The monoisotopic (exact) mass is 315 g/mol. The van der Waals surface area contributed by atoms with Gasteiger partial charge in [-0.2, -0.15) is 0 Å². The smallest absolute Gasteiger partial charge is 0.225 e. The highest BCUT2D eigenvalue weighted by molar-refractivity contribution is 5.35. The van der Waals surface area contributed by atoms with E-state index in [0.29, 0.717) is 6.04 Å². The average Bonchev–Trinajstić information content (AvgIpc) is 2.55. The summed E-state index contributed by atoms with van der Waals surface area (Å²) in [6.45, 7) is 9.23. The van der Waals surface area contributed by atoms with E-state index in [2.05, 4.69) is 24.7 Å². The summed E-state index contributed by atoms with van der Waals surface area (Å²) >= 11 is 0. The number of aromatic nitrogens is 2. The fourth-order valence-corrected chi connectivity index (χ4v) is 4.35. The van der Waals surface area contributed by atoms with Crippen LogP contribution in [0.2, 0.25) is 0 Å². The zero-order valence-corrected chi connectivity index (χ0v) is 14.3.